The van der Waals surface area contributed by atoms with E-state index in [2.05, 4.69) is 30.0 Å². The highest BCUT2D eigenvalue weighted by atomic mass is 16.5. The van der Waals surface area contributed by atoms with Gasteiger partial charge in [0.05, 0.1) is 13.2 Å². The van der Waals surface area contributed by atoms with Crippen molar-refractivity contribution in [1.82, 2.24) is 4.90 Å². The van der Waals surface area contributed by atoms with Crippen LogP contribution in [0.2, 0.25) is 0 Å². The average Bonchev–Trinajstić information content (AvgIpc) is 2.37. The number of hydrogen-bond donors (Lipinski definition) is 2. The number of aliphatic hydroxyl groups is 1. The zero-order chi connectivity index (χ0) is 13.4. The Hall–Kier alpha value is -0.940. The normalized spacial score (nSPS) is 12.9. The third-order valence-corrected chi connectivity index (χ3v) is 3.06. The molecule has 4 heteroatoms. The van der Waals surface area contributed by atoms with Crippen molar-refractivity contribution < 1.29 is 9.84 Å². The Balaban J connectivity index is 2.83. The standard InChI is InChI=1S/C14H24N2O2/c1-12-4-3-5-13(10-12)14(11-15)16(6-8-17)7-9-18-2/h3-5,10,14,17H,6-9,11,15H2,1-2H3. The second-order valence-corrected chi connectivity index (χ2v) is 4.42. The number of ether oxygens (including phenoxy) is 1. The van der Waals surface area contributed by atoms with Gasteiger partial charge in [0.2, 0.25) is 0 Å². The van der Waals surface area contributed by atoms with Crippen molar-refractivity contribution in [2.75, 3.05) is 40.0 Å². The molecule has 3 N–H and O–H groups in total. The maximum absolute atomic E-state index is 9.16. The number of aryl methyl sites for hydroxylation is 1. The van der Waals surface area contributed by atoms with E-state index in [-0.39, 0.29) is 12.6 Å². The fourth-order valence-electron chi connectivity index (χ4n) is 2.13. The highest BCUT2D eigenvalue weighted by Crippen LogP contribution is 2.20. The topological polar surface area (TPSA) is 58.7 Å². The summed E-state index contributed by atoms with van der Waals surface area (Å²) in [5.41, 5.74) is 8.31. The second kappa shape index (κ2) is 8.21. The van der Waals surface area contributed by atoms with Gasteiger partial charge in [0.25, 0.3) is 0 Å². The van der Waals surface area contributed by atoms with Crippen LogP contribution in [0.25, 0.3) is 0 Å². The summed E-state index contributed by atoms with van der Waals surface area (Å²) in [7, 11) is 1.68. The molecule has 4 nitrogen and oxygen atoms in total. The van der Waals surface area contributed by atoms with E-state index in [0.29, 0.717) is 19.7 Å². The van der Waals surface area contributed by atoms with Gasteiger partial charge in [-0.3, -0.25) is 4.90 Å². The predicted octanol–water partition coefficient (Wildman–Crippen LogP) is 0.936. The summed E-state index contributed by atoms with van der Waals surface area (Å²) in [6, 6.07) is 8.48. The maximum atomic E-state index is 9.16. The van der Waals surface area contributed by atoms with E-state index < -0.39 is 0 Å². The van der Waals surface area contributed by atoms with Crippen LogP contribution in [-0.4, -0.2) is 50.0 Å². The third-order valence-electron chi connectivity index (χ3n) is 3.06. The molecular weight excluding hydrogens is 228 g/mol. The molecule has 0 aliphatic carbocycles. The van der Waals surface area contributed by atoms with Crippen LogP contribution in [0.1, 0.15) is 17.2 Å². The zero-order valence-electron chi connectivity index (χ0n) is 11.3. The van der Waals surface area contributed by atoms with E-state index in [9.17, 15) is 0 Å². The van der Waals surface area contributed by atoms with Crippen molar-refractivity contribution in [2.45, 2.75) is 13.0 Å². The summed E-state index contributed by atoms with van der Waals surface area (Å²) in [5.74, 6) is 0. The van der Waals surface area contributed by atoms with Crippen LogP contribution in [0.5, 0.6) is 0 Å². The minimum absolute atomic E-state index is 0.131. The minimum atomic E-state index is 0.131. The molecule has 0 heterocycles. The van der Waals surface area contributed by atoms with Crippen LogP contribution < -0.4 is 5.73 Å². The van der Waals surface area contributed by atoms with Gasteiger partial charge in [0.15, 0.2) is 0 Å². The molecule has 0 bridgehead atoms. The highest BCUT2D eigenvalue weighted by Gasteiger charge is 2.18. The first-order valence-electron chi connectivity index (χ1n) is 6.33. The van der Waals surface area contributed by atoms with Crippen LogP contribution in [-0.2, 0) is 4.74 Å². The van der Waals surface area contributed by atoms with Crippen molar-refractivity contribution >= 4 is 0 Å². The van der Waals surface area contributed by atoms with E-state index in [0.717, 1.165) is 6.54 Å². The molecule has 1 rings (SSSR count). The number of methoxy groups -OCH3 is 1. The molecule has 1 aromatic rings. The van der Waals surface area contributed by atoms with Crippen LogP contribution in [0.4, 0.5) is 0 Å². The van der Waals surface area contributed by atoms with Gasteiger partial charge in [-0.25, -0.2) is 0 Å². The fourth-order valence-corrected chi connectivity index (χ4v) is 2.13. The van der Waals surface area contributed by atoms with E-state index in [1.165, 1.54) is 11.1 Å². The molecule has 1 aromatic carbocycles. The molecule has 0 aliphatic heterocycles. The lowest BCUT2D eigenvalue weighted by atomic mass is 10.0. The van der Waals surface area contributed by atoms with Crippen LogP contribution >= 0.6 is 0 Å². The van der Waals surface area contributed by atoms with E-state index in [4.69, 9.17) is 15.6 Å². The van der Waals surface area contributed by atoms with Crippen LogP contribution in [0.3, 0.4) is 0 Å². The van der Waals surface area contributed by atoms with Crippen molar-refractivity contribution in [2.24, 2.45) is 5.73 Å². The molecule has 0 aromatic heterocycles. The Labute approximate surface area is 109 Å². The lowest BCUT2D eigenvalue weighted by Crippen LogP contribution is -2.38. The molecule has 18 heavy (non-hydrogen) atoms. The van der Waals surface area contributed by atoms with Gasteiger partial charge in [-0.05, 0) is 12.5 Å². The highest BCUT2D eigenvalue weighted by molar-refractivity contribution is 5.25. The van der Waals surface area contributed by atoms with E-state index in [1.807, 2.05) is 6.07 Å². The Kier molecular flexibility index (Phi) is 6.90. The van der Waals surface area contributed by atoms with Crippen LogP contribution in [0, 0.1) is 6.92 Å². The number of nitrogens with zero attached hydrogens (tertiary/aromatic N) is 1. The van der Waals surface area contributed by atoms with E-state index >= 15 is 0 Å². The largest absolute Gasteiger partial charge is 0.395 e. The molecule has 0 amide bonds. The first kappa shape index (κ1) is 15.1. The van der Waals surface area contributed by atoms with Gasteiger partial charge in [-0.1, -0.05) is 29.8 Å². The molecule has 1 unspecified atom stereocenters. The Bertz CT molecular complexity index is 344. The quantitative estimate of drug-likeness (QED) is 0.723. The van der Waals surface area contributed by atoms with Gasteiger partial charge in [0, 0.05) is 32.8 Å². The Morgan fingerprint density at radius 1 is 1.39 bits per heavy atom. The summed E-state index contributed by atoms with van der Waals surface area (Å²) in [5, 5.41) is 9.16. The van der Waals surface area contributed by atoms with Crippen molar-refractivity contribution in [1.29, 1.82) is 0 Å². The molecule has 0 aliphatic rings. The summed E-state index contributed by atoms with van der Waals surface area (Å²) >= 11 is 0. The van der Waals surface area contributed by atoms with Crippen LogP contribution in [0.15, 0.2) is 24.3 Å². The van der Waals surface area contributed by atoms with Gasteiger partial charge >= 0.3 is 0 Å². The monoisotopic (exact) mass is 252 g/mol. The Morgan fingerprint density at radius 2 is 2.17 bits per heavy atom. The lowest BCUT2D eigenvalue weighted by Gasteiger charge is -2.30. The molecule has 102 valence electrons. The number of nitrogens with two attached hydrogens (primary N) is 1. The number of rotatable bonds is 8. The van der Waals surface area contributed by atoms with E-state index in [1.54, 1.807) is 7.11 Å². The van der Waals surface area contributed by atoms with Gasteiger partial charge in [-0.2, -0.15) is 0 Å². The molecule has 0 saturated carbocycles. The number of aliphatic hydroxyl groups excluding tert-OH is 1. The molecule has 0 fully saturated rings. The fraction of sp³-hybridized carbons (Fsp3) is 0.571. The molecule has 0 saturated heterocycles. The number of benzene rings is 1. The Morgan fingerprint density at radius 3 is 2.72 bits per heavy atom. The van der Waals surface area contributed by atoms with Gasteiger partial charge in [0.1, 0.15) is 0 Å². The van der Waals surface area contributed by atoms with Gasteiger partial charge in [-0.15, -0.1) is 0 Å². The second-order valence-electron chi connectivity index (χ2n) is 4.42. The van der Waals surface area contributed by atoms with Crippen molar-refractivity contribution in [3.63, 3.8) is 0 Å². The first-order valence-corrected chi connectivity index (χ1v) is 6.33. The number of hydrogen-bond acceptors (Lipinski definition) is 4. The van der Waals surface area contributed by atoms with Crippen molar-refractivity contribution in [3.8, 4) is 0 Å². The first-order chi connectivity index (χ1) is 8.72. The average molecular weight is 252 g/mol. The minimum Gasteiger partial charge on any atom is -0.395 e. The smallest absolute Gasteiger partial charge is 0.0589 e. The summed E-state index contributed by atoms with van der Waals surface area (Å²) in [4.78, 5) is 2.16. The SMILES string of the molecule is COCCN(CCO)C(CN)c1cccc(C)c1. The summed E-state index contributed by atoms with van der Waals surface area (Å²) in [6.07, 6.45) is 0. The predicted molar refractivity (Wildman–Crippen MR) is 73.5 cm³/mol. The summed E-state index contributed by atoms with van der Waals surface area (Å²) in [6.45, 7) is 4.76. The third kappa shape index (κ3) is 4.38. The lowest BCUT2D eigenvalue weighted by molar-refractivity contribution is 0.103. The maximum Gasteiger partial charge on any atom is 0.0589 e. The molecular formula is C14H24N2O2. The van der Waals surface area contributed by atoms with Gasteiger partial charge < -0.3 is 15.6 Å². The zero-order valence-corrected chi connectivity index (χ0v) is 11.3. The summed E-state index contributed by atoms with van der Waals surface area (Å²) < 4.78 is 5.11. The van der Waals surface area contributed by atoms with Crippen molar-refractivity contribution in [3.05, 3.63) is 35.4 Å². The molecule has 1 atom stereocenters. The molecule has 0 spiro atoms. The molecule has 0 radical (unpaired) electrons.